The van der Waals surface area contributed by atoms with Gasteiger partial charge in [0.15, 0.2) is 6.61 Å². The van der Waals surface area contributed by atoms with Crippen LogP contribution in [0.4, 0.5) is 5.69 Å². The Morgan fingerprint density at radius 3 is 2.56 bits per heavy atom. The number of halogens is 1. The lowest BCUT2D eigenvalue weighted by Crippen LogP contribution is -2.50. The van der Waals surface area contributed by atoms with Crippen molar-refractivity contribution in [1.29, 1.82) is 0 Å². The van der Waals surface area contributed by atoms with Crippen molar-refractivity contribution in [3.63, 3.8) is 0 Å². The van der Waals surface area contributed by atoms with Crippen LogP contribution in [0.2, 0.25) is 5.02 Å². The van der Waals surface area contributed by atoms with Crippen molar-refractivity contribution in [2.45, 2.75) is 45.7 Å². The predicted octanol–water partition coefficient (Wildman–Crippen LogP) is 4.36. The highest BCUT2D eigenvalue weighted by molar-refractivity contribution is 6.31. The van der Waals surface area contributed by atoms with Gasteiger partial charge >= 0.3 is 5.69 Å². The topological polar surface area (TPSA) is 111 Å². The molecular formula is C24H30ClN3O6. The quantitative estimate of drug-likeness (QED) is 0.253. The lowest BCUT2D eigenvalue weighted by molar-refractivity contribution is -0.385. The molecule has 1 N–H and O–H groups in total. The molecule has 10 heteroatoms. The summed E-state index contributed by atoms with van der Waals surface area (Å²) in [6.45, 7) is 4.15. The van der Waals surface area contributed by atoms with Gasteiger partial charge in [0.2, 0.25) is 11.7 Å². The molecule has 0 aliphatic heterocycles. The van der Waals surface area contributed by atoms with Crippen molar-refractivity contribution >= 4 is 29.1 Å². The third kappa shape index (κ3) is 7.34. The number of methoxy groups -OCH3 is 1. The van der Waals surface area contributed by atoms with Gasteiger partial charge in [0.25, 0.3) is 5.91 Å². The summed E-state index contributed by atoms with van der Waals surface area (Å²) in [5.41, 5.74) is 0.491. The molecule has 1 atom stereocenters. The number of unbranched alkanes of at least 4 members (excludes halogenated alkanes) is 1. The lowest BCUT2D eigenvalue weighted by Gasteiger charge is -2.31. The van der Waals surface area contributed by atoms with Crippen molar-refractivity contribution in [3.05, 3.63) is 63.2 Å². The maximum Gasteiger partial charge on any atom is 0.311 e. The van der Waals surface area contributed by atoms with E-state index in [0.29, 0.717) is 23.6 Å². The minimum absolute atomic E-state index is 0.0182. The number of nitrogens with zero attached hydrogens (tertiary/aromatic N) is 2. The maximum atomic E-state index is 13.2. The second-order valence-corrected chi connectivity index (χ2v) is 7.97. The Morgan fingerprint density at radius 2 is 1.94 bits per heavy atom. The number of hydrogen-bond donors (Lipinski definition) is 1. The van der Waals surface area contributed by atoms with E-state index in [1.54, 1.807) is 18.2 Å². The van der Waals surface area contributed by atoms with E-state index in [9.17, 15) is 19.7 Å². The van der Waals surface area contributed by atoms with Crippen LogP contribution in [0.3, 0.4) is 0 Å². The Balaban J connectivity index is 2.23. The van der Waals surface area contributed by atoms with Crippen LogP contribution in [-0.2, 0) is 16.1 Å². The number of nitrogens with one attached hydrogen (secondary N) is 1. The van der Waals surface area contributed by atoms with E-state index < -0.39 is 16.9 Å². The van der Waals surface area contributed by atoms with Crippen LogP contribution >= 0.6 is 11.6 Å². The average molecular weight is 492 g/mol. The van der Waals surface area contributed by atoms with Crippen molar-refractivity contribution in [1.82, 2.24) is 10.2 Å². The largest absolute Gasteiger partial charge is 0.490 e. The Morgan fingerprint density at radius 1 is 1.21 bits per heavy atom. The van der Waals surface area contributed by atoms with Crippen molar-refractivity contribution in [2.75, 3.05) is 20.3 Å². The summed E-state index contributed by atoms with van der Waals surface area (Å²) in [7, 11) is 1.31. The van der Waals surface area contributed by atoms with Gasteiger partial charge in [-0.15, -0.1) is 0 Å². The summed E-state index contributed by atoms with van der Waals surface area (Å²) >= 11 is 6.31. The summed E-state index contributed by atoms with van der Waals surface area (Å²) in [6.07, 6.45) is 2.18. The molecule has 0 bridgehead atoms. The summed E-state index contributed by atoms with van der Waals surface area (Å²) in [5.74, 6) is -0.415. The minimum atomic E-state index is -0.712. The second-order valence-electron chi connectivity index (χ2n) is 7.56. The molecule has 2 aromatic rings. The van der Waals surface area contributed by atoms with Crippen LogP contribution in [0.15, 0.2) is 42.5 Å². The molecule has 1 unspecified atom stereocenters. The first-order valence-corrected chi connectivity index (χ1v) is 11.5. The van der Waals surface area contributed by atoms with Gasteiger partial charge in [0.05, 0.1) is 12.0 Å². The average Bonchev–Trinajstić information content (AvgIpc) is 2.83. The van der Waals surface area contributed by atoms with Crippen LogP contribution in [-0.4, -0.2) is 47.9 Å². The molecule has 0 spiro atoms. The number of ether oxygens (including phenoxy) is 2. The maximum absolute atomic E-state index is 13.2. The van der Waals surface area contributed by atoms with Gasteiger partial charge in [-0.2, -0.15) is 0 Å². The van der Waals surface area contributed by atoms with Gasteiger partial charge < -0.3 is 19.7 Å². The number of nitro groups is 1. The summed E-state index contributed by atoms with van der Waals surface area (Å²) in [6, 6.07) is 10.4. The Bertz CT molecular complexity index is 1000. The molecule has 0 aromatic heterocycles. The van der Waals surface area contributed by atoms with Gasteiger partial charge in [-0.25, -0.2) is 0 Å². The van der Waals surface area contributed by atoms with Crippen molar-refractivity contribution < 1.29 is 24.0 Å². The second kappa shape index (κ2) is 13.4. The van der Waals surface area contributed by atoms with Crippen LogP contribution in [0.25, 0.3) is 0 Å². The van der Waals surface area contributed by atoms with E-state index in [2.05, 4.69) is 5.32 Å². The van der Waals surface area contributed by atoms with E-state index in [4.69, 9.17) is 21.1 Å². The van der Waals surface area contributed by atoms with Crippen LogP contribution in [0, 0.1) is 10.1 Å². The Hall–Kier alpha value is -3.33. The van der Waals surface area contributed by atoms with E-state index in [1.165, 1.54) is 30.2 Å². The Labute approximate surface area is 204 Å². The zero-order chi connectivity index (χ0) is 25.1. The zero-order valence-electron chi connectivity index (χ0n) is 19.6. The molecule has 0 radical (unpaired) electrons. The Kier molecular flexibility index (Phi) is 10.6. The first-order chi connectivity index (χ1) is 16.3. The van der Waals surface area contributed by atoms with E-state index in [0.717, 1.165) is 12.8 Å². The van der Waals surface area contributed by atoms with E-state index in [-0.39, 0.29) is 36.2 Å². The van der Waals surface area contributed by atoms with Gasteiger partial charge in [-0.05, 0) is 30.5 Å². The number of rotatable bonds is 13. The number of nitro benzene ring substituents is 1. The van der Waals surface area contributed by atoms with Crippen molar-refractivity contribution in [3.8, 4) is 11.5 Å². The molecule has 0 aliphatic rings. The molecule has 0 aliphatic carbocycles. The standard InChI is InChI=1S/C24H30ClN3O6/c1-4-6-13-26-24(30)20(5-2)27(15-17-9-7-8-10-19(17)25)23(29)16-34-18-11-12-21(28(31)32)22(14-18)33-3/h7-12,14,20H,4-6,13,15-16H2,1-3H3,(H,26,30). The van der Waals surface area contributed by atoms with Crippen LogP contribution in [0.1, 0.15) is 38.7 Å². The molecule has 2 amide bonds. The molecule has 0 heterocycles. The number of carbonyl (C=O) groups is 2. The lowest BCUT2D eigenvalue weighted by atomic mass is 10.1. The highest BCUT2D eigenvalue weighted by atomic mass is 35.5. The third-order valence-electron chi connectivity index (χ3n) is 5.22. The fraction of sp³-hybridized carbons (Fsp3) is 0.417. The third-order valence-corrected chi connectivity index (χ3v) is 5.59. The van der Waals surface area contributed by atoms with E-state index in [1.807, 2.05) is 19.9 Å². The molecule has 9 nitrogen and oxygen atoms in total. The minimum Gasteiger partial charge on any atom is -0.490 e. The molecule has 2 aromatic carbocycles. The number of carbonyl (C=O) groups excluding carboxylic acids is 2. The van der Waals surface area contributed by atoms with Gasteiger partial charge in [-0.3, -0.25) is 19.7 Å². The molecular weight excluding hydrogens is 462 g/mol. The molecule has 0 saturated heterocycles. The van der Waals surface area contributed by atoms with Crippen LogP contribution in [0.5, 0.6) is 11.5 Å². The molecule has 2 rings (SSSR count). The normalized spacial score (nSPS) is 11.4. The highest BCUT2D eigenvalue weighted by Gasteiger charge is 2.29. The van der Waals surface area contributed by atoms with Crippen molar-refractivity contribution in [2.24, 2.45) is 0 Å². The monoisotopic (exact) mass is 491 g/mol. The number of amides is 2. The van der Waals surface area contributed by atoms with Gasteiger partial charge in [0.1, 0.15) is 11.8 Å². The summed E-state index contributed by atoms with van der Waals surface area (Å²) in [4.78, 5) is 38.1. The highest BCUT2D eigenvalue weighted by Crippen LogP contribution is 2.31. The molecule has 0 fully saturated rings. The summed E-state index contributed by atoms with van der Waals surface area (Å²) < 4.78 is 10.7. The smallest absolute Gasteiger partial charge is 0.311 e. The number of benzene rings is 2. The first kappa shape index (κ1) is 26.9. The van der Waals surface area contributed by atoms with Crippen LogP contribution < -0.4 is 14.8 Å². The predicted molar refractivity (Wildman–Crippen MR) is 129 cm³/mol. The fourth-order valence-corrected chi connectivity index (χ4v) is 3.56. The fourth-order valence-electron chi connectivity index (χ4n) is 3.36. The molecule has 0 saturated carbocycles. The van der Waals surface area contributed by atoms with Gasteiger partial charge in [-0.1, -0.05) is 50.1 Å². The van der Waals surface area contributed by atoms with Gasteiger partial charge in [0, 0.05) is 30.2 Å². The van der Waals surface area contributed by atoms with E-state index >= 15 is 0 Å². The first-order valence-electron chi connectivity index (χ1n) is 11.1. The summed E-state index contributed by atoms with van der Waals surface area (Å²) in [5, 5.41) is 14.5. The SMILES string of the molecule is CCCCNC(=O)C(CC)N(Cc1ccccc1Cl)C(=O)COc1ccc([N+](=O)[O-])c(OC)c1. The number of hydrogen-bond acceptors (Lipinski definition) is 6. The molecule has 184 valence electrons. The molecule has 34 heavy (non-hydrogen) atoms. The zero-order valence-corrected chi connectivity index (χ0v) is 20.3.